The molecule has 0 aliphatic carbocycles. The molecule has 3 rings (SSSR count). The average molecular weight is 384 g/mol. The lowest BCUT2D eigenvalue weighted by atomic mass is 10.1. The number of carbonyl (C=O) groups is 1. The van der Waals surface area contributed by atoms with Crippen molar-refractivity contribution in [2.24, 2.45) is 0 Å². The largest absolute Gasteiger partial charge is 0.481 e. The Morgan fingerprint density at radius 3 is 2.75 bits per heavy atom. The van der Waals surface area contributed by atoms with Crippen molar-refractivity contribution in [3.63, 3.8) is 0 Å². The second-order valence-electron chi connectivity index (χ2n) is 7.30. The summed E-state index contributed by atoms with van der Waals surface area (Å²) >= 11 is 0. The Morgan fingerprint density at radius 2 is 2.04 bits per heavy atom. The molecule has 0 fully saturated rings. The fourth-order valence-corrected chi connectivity index (χ4v) is 2.70. The zero-order chi connectivity index (χ0) is 20.3. The number of carbonyl (C=O) groups excluding carboxylic acids is 1. The highest BCUT2D eigenvalue weighted by molar-refractivity contribution is 5.85. The molecule has 3 aromatic rings. The van der Waals surface area contributed by atoms with E-state index in [2.05, 4.69) is 20.3 Å². The summed E-state index contributed by atoms with van der Waals surface area (Å²) in [4.78, 5) is 23.5. The van der Waals surface area contributed by atoms with Gasteiger partial charge in [0.2, 0.25) is 5.88 Å². The van der Waals surface area contributed by atoms with Crippen LogP contribution >= 0.6 is 0 Å². The highest BCUT2D eigenvalue weighted by atomic mass is 16.6. The number of fused-ring (bicyclic) bond motifs is 1. The van der Waals surface area contributed by atoms with E-state index in [1.54, 1.807) is 12.3 Å². The Kier molecular flexibility index (Phi) is 5.39. The number of nitrogens with one attached hydrogen (secondary N) is 2. The molecule has 0 aliphatic rings. The number of methoxy groups -OCH3 is 1. The fourth-order valence-electron chi connectivity index (χ4n) is 2.70. The summed E-state index contributed by atoms with van der Waals surface area (Å²) in [6.07, 6.45) is 2.96. The maximum absolute atomic E-state index is 12.1. The molecule has 148 valence electrons. The van der Waals surface area contributed by atoms with E-state index in [-0.39, 0.29) is 12.1 Å². The van der Waals surface area contributed by atoms with Gasteiger partial charge in [0, 0.05) is 29.4 Å². The molecule has 2 N–H and O–H groups in total. The van der Waals surface area contributed by atoms with Gasteiger partial charge in [-0.1, -0.05) is 0 Å². The van der Waals surface area contributed by atoms with Gasteiger partial charge in [-0.15, -0.1) is 0 Å². The molecule has 0 saturated heterocycles. The van der Waals surface area contributed by atoms with E-state index in [4.69, 9.17) is 14.2 Å². The van der Waals surface area contributed by atoms with Gasteiger partial charge in [-0.3, -0.25) is 0 Å². The number of alkyl carbamates (subject to hydrolysis) is 1. The standard InChI is InChI=1S/C20H24N4O4/c1-12(23-19(25)28-20(2,3)4)15-11-22-16-7-6-13(10-14(15)16)27-18-21-9-8-17(24-18)26-5/h6-12,22H,1-5H3,(H,23,25). The molecule has 0 aliphatic heterocycles. The average Bonchev–Trinajstić information content (AvgIpc) is 3.03. The number of hydrogen-bond donors (Lipinski definition) is 2. The summed E-state index contributed by atoms with van der Waals surface area (Å²) in [6.45, 7) is 7.37. The molecule has 1 amide bonds. The molecule has 0 radical (unpaired) electrons. The van der Waals surface area contributed by atoms with Gasteiger partial charge in [0.1, 0.15) is 11.4 Å². The van der Waals surface area contributed by atoms with E-state index in [9.17, 15) is 4.79 Å². The van der Waals surface area contributed by atoms with Crippen LogP contribution in [0.5, 0.6) is 17.6 Å². The normalized spacial score (nSPS) is 12.5. The minimum atomic E-state index is -0.554. The van der Waals surface area contributed by atoms with Gasteiger partial charge in [-0.2, -0.15) is 4.98 Å². The van der Waals surface area contributed by atoms with Crippen molar-refractivity contribution in [2.45, 2.75) is 39.3 Å². The Morgan fingerprint density at radius 1 is 1.25 bits per heavy atom. The third-order valence-corrected chi connectivity index (χ3v) is 3.91. The minimum absolute atomic E-state index is 0.190. The minimum Gasteiger partial charge on any atom is -0.481 e. The molecule has 1 atom stereocenters. The summed E-state index contributed by atoms with van der Waals surface area (Å²) in [5, 5.41) is 3.77. The highest BCUT2D eigenvalue weighted by Crippen LogP contribution is 2.29. The number of benzene rings is 1. The number of nitrogens with zero attached hydrogens (tertiary/aromatic N) is 2. The van der Waals surface area contributed by atoms with E-state index in [1.165, 1.54) is 7.11 Å². The van der Waals surface area contributed by atoms with Crippen molar-refractivity contribution in [3.8, 4) is 17.6 Å². The number of aromatic nitrogens is 3. The number of rotatable bonds is 5. The number of ether oxygens (including phenoxy) is 3. The van der Waals surface area contributed by atoms with Crippen molar-refractivity contribution in [3.05, 3.63) is 42.2 Å². The summed E-state index contributed by atoms with van der Waals surface area (Å²) in [5.74, 6) is 0.995. The molecule has 8 heteroatoms. The van der Waals surface area contributed by atoms with Crippen LogP contribution in [0.25, 0.3) is 10.9 Å². The first-order chi connectivity index (χ1) is 13.2. The smallest absolute Gasteiger partial charge is 0.408 e. The molecule has 0 bridgehead atoms. The molecule has 1 unspecified atom stereocenters. The van der Waals surface area contributed by atoms with Crippen LogP contribution in [0.4, 0.5) is 4.79 Å². The Hall–Kier alpha value is -3.29. The van der Waals surface area contributed by atoms with Crippen LogP contribution < -0.4 is 14.8 Å². The zero-order valence-electron chi connectivity index (χ0n) is 16.6. The van der Waals surface area contributed by atoms with Crippen molar-refractivity contribution >= 4 is 17.0 Å². The maximum Gasteiger partial charge on any atom is 0.408 e. The van der Waals surface area contributed by atoms with E-state index < -0.39 is 11.7 Å². The molecule has 0 saturated carbocycles. The number of aromatic amines is 1. The molecule has 2 aromatic heterocycles. The number of amides is 1. The molecular weight excluding hydrogens is 360 g/mol. The molecule has 0 spiro atoms. The predicted octanol–water partition coefficient (Wildman–Crippen LogP) is 4.34. The zero-order valence-corrected chi connectivity index (χ0v) is 16.6. The van der Waals surface area contributed by atoms with Gasteiger partial charge >= 0.3 is 12.1 Å². The number of hydrogen-bond acceptors (Lipinski definition) is 6. The fraction of sp³-hybridized carbons (Fsp3) is 0.350. The van der Waals surface area contributed by atoms with E-state index in [0.717, 1.165) is 16.5 Å². The molecule has 2 heterocycles. The van der Waals surface area contributed by atoms with Crippen LogP contribution in [0, 0.1) is 0 Å². The van der Waals surface area contributed by atoms with Gasteiger partial charge in [0.05, 0.1) is 13.2 Å². The third-order valence-electron chi connectivity index (χ3n) is 3.91. The van der Waals surface area contributed by atoms with Crippen molar-refractivity contribution in [2.75, 3.05) is 7.11 Å². The maximum atomic E-state index is 12.1. The first-order valence-electron chi connectivity index (χ1n) is 8.90. The first-order valence-corrected chi connectivity index (χ1v) is 8.90. The monoisotopic (exact) mass is 384 g/mol. The van der Waals surface area contributed by atoms with E-state index >= 15 is 0 Å². The quantitative estimate of drug-likeness (QED) is 0.679. The molecule has 8 nitrogen and oxygen atoms in total. The van der Waals surface area contributed by atoms with Crippen LogP contribution in [0.2, 0.25) is 0 Å². The lowest BCUT2D eigenvalue weighted by Gasteiger charge is -2.21. The highest BCUT2D eigenvalue weighted by Gasteiger charge is 2.20. The van der Waals surface area contributed by atoms with Crippen LogP contribution in [0.3, 0.4) is 0 Å². The summed E-state index contributed by atoms with van der Waals surface area (Å²) < 4.78 is 16.2. The number of H-pyrrole nitrogens is 1. The van der Waals surface area contributed by atoms with Crippen LogP contribution in [0.15, 0.2) is 36.7 Å². The molecule has 1 aromatic carbocycles. The molecular formula is C20H24N4O4. The second kappa shape index (κ2) is 7.75. The van der Waals surface area contributed by atoms with Gasteiger partial charge in [0.15, 0.2) is 0 Å². The first kappa shape index (κ1) is 19.5. The Balaban J connectivity index is 1.81. The Labute approximate surface area is 163 Å². The lowest BCUT2D eigenvalue weighted by molar-refractivity contribution is 0.0508. The Bertz CT molecular complexity index is 978. The van der Waals surface area contributed by atoms with Crippen LogP contribution in [-0.2, 0) is 4.74 Å². The van der Waals surface area contributed by atoms with Crippen LogP contribution in [0.1, 0.15) is 39.3 Å². The van der Waals surface area contributed by atoms with E-state index in [1.807, 2.05) is 52.1 Å². The summed E-state index contributed by atoms with van der Waals surface area (Å²) in [5.41, 5.74) is 1.28. The SMILES string of the molecule is COc1ccnc(Oc2ccc3[nH]cc(C(C)NC(=O)OC(C)(C)C)c3c2)n1. The van der Waals surface area contributed by atoms with Crippen molar-refractivity contribution < 1.29 is 19.0 Å². The van der Waals surface area contributed by atoms with Gasteiger partial charge in [0.25, 0.3) is 0 Å². The third kappa shape index (κ3) is 4.70. The lowest BCUT2D eigenvalue weighted by Crippen LogP contribution is -2.33. The van der Waals surface area contributed by atoms with Gasteiger partial charge < -0.3 is 24.5 Å². The summed E-state index contributed by atoms with van der Waals surface area (Å²) in [7, 11) is 1.53. The summed E-state index contributed by atoms with van der Waals surface area (Å²) in [6, 6.07) is 7.16. The predicted molar refractivity (Wildman–Crippen MR) is 105 cm³/mol. The van der Waals surface area contributed by atoms with Gasteiger partial charge in [-0.25, -0.2) is 9.78 Å². The van der Waals surface area contributed by atoms with E-state index in [0.29, 0.717) is 11.6 Å². The second-order valence-corrected chi connectivity index (χ2v) is 7.30. The van der Waals surface area contributed by atoms with Crippen molar-refractivity contribution in [1.29, 1.82) is 0 Å². The van der Waals surface area contributed by atoms with Crippen LogP contribution in [-0.4, -0.2) is 33.8 Å². The van der Waals surface area contributed by atoms with Gasteiger partial charge in [-0.05, 0) is 51.5 Å². The molecule has 28 heavy (non-hydrogen) atoms. The topological polar surface area (TPSA) is 98.4 Å². The van der Waals surface area contributed by atoms with Crippen molar-refractivity contribution in [1.82, 2.24) is 20.3 Å².